The maximum absolute atomic E-state index is 11.9. The van der Waals surface area contributed by atoms with Gasteiger partial charge in [0.25, 0.3) is 0 Å². The van der Waals surface area contributed by atoms with E-state index in [1.807, 2.05) is 0 Å². The van der Waals surface area contributed by atoms with Crippen LogP contribution in [0.4, 0.5) is 0 Å². The number of carboxylic acid groups (broad SMARTS) is 1. The van der Waals surface area contributed by atoms with Gasteiger partial charge in [-0.25, -0.2) is 0 Å². The molecule has 0 amide bonds. The number of hydrogen-bond acceptors (Lipinski definition) is 4. The van der Waals surface area contributed by atoms with Gasteiger partial charge in [-0.3, -0.25) is 15.0 Å². The summed E-state index contributed by atoms with van der Waals surface area (Å²) in [4.78, 5) is 14.4. The molecule has 0 aromatic rings. The highest BCUT2D eigenvalue weighted by Crippen LogP contribution is 2.35. The van der Waals surface area contributed by atoms with E-state index in [9.17, 15) is 9.90 Å². The first-order chi connectivity index (χ1) is 10.1. The SMILES string of the molecule is CCC1CN(C2CCCC(NC3CC3)(C(=O)O)C2)CCO1. The molecular weight excluding hydrogens is 268 g/mol. The number of rotatable bonds is 5. The van der Waals surface area contributed by atoms with Crippen LogP contribution in [0.15, 0.2) is 0 Å². The maximum Gasteiger partial charge on any atom is 0.323 e. The quantitative estimate of drug-likeness (QED) is 0.807. The third-order valence-corrected chi connectivity index (χ3v) is 5.33. The molecule has 1 saturated heterocycles. The maximum atomic E-state index is 11.9. The van der Waals surface area contributed by atoms with Crippen molar-refractivity contribution in [1.82, 2.24) is 10.2 Å². The molecule has 3 rings (SSSR count). The lowest BCUT2D eigenvalue weighted by Crippen LogP contribution is -2.60. The smallest absolute Gasteiger partial charge is 0.323 e. The second-order valence-electron chi connectivity index (χ2n) is 6.95. The lowest BCUT2D eigenvalue weighted by atomic mass is 9.78. The van der Waals surface area contributed by atoms with Crippen molar-refractivity contribution in [2.75, 3.05) is 19.7 Å². The number of nitrogens with one attached hydrogen (secondary N) is 1. The zero-order valence-electron chi connectivity index (χ0n) is 13.0. The van der Waals surface area contributed by atoms with Gasteiger partial charge in [0.1, 0.15) is 5.54 Å². The molecule has 2 N–H and O–H groups in total. The molecular formula is C16H28N2O3. The number of carbonyl (C=O) groups is 1. The van der Waals surface area contributed by atoms with Crippen molar-refractivity contribution in [3.05, 3.63) is 0 Å². The Morgan fingerprint density at radius 3 is 2.90 bits per heavy atom. The fraction of sp³-hybridized carbons (Fsp3) is 0.938. The largest absolute Gasteiger partial charge is 0.480 e. The molecule has 0 radical (unpaired) electrons. The number of nitrogens with zero attached hydrogens (tertiary/aromatic N) is 1. The molecule has 3 fully saturated rings. The van der Waals surface area contributed by atoms with Gasteiger partial charge in [-0.05, 0) is 44.9 Å². The summed E-state index contributed by atoms with van der Waals surface area (Å²) >= 11 is 0. The normalized spacial score (nSPS) is 38.3. The summed E-state index contributed by atoms with van der Waals surface area (Å²) < 4.78 is 5.75. The number of aliphatic carboxylic acids is 1. The van der Waals surface area contributed by atoms with Crippen LogP contribution in [-0.4, -0.2) is 59.4 Å². The summed E-state index contributed by atoms with van der Waals surface area (Å²) in [5, 5.41) is 13.2. The van der Waals surface area contributed by atoms with Gasteiger partial charge in [0.2, 0.25) is 0 Å². The van der Waals surface area contributed by atoms with E-state index in [0.717, 1.165) is 64.6 Å². The Labute approximate surface area is 127 Å². The van der Waals surface area contributed by atoms with Crippen LogP contribution in [0.3, 0.4) is 0 Å². The van der Waals surface area contributed by atoms with E-state index >= 15 is 0 Å². The van der Waals surface area contributed by atoms with Crippen molar-refractivity contribution < 1.29 is 14.6 Å². The molecule has 0 spiro atoms. The van der Waals surface area contributed by atoms with Crippen LogP contribution in [-0.2, 0) is 9.53 Å². The predicted molar refractivity (Wildman–Crippen MR) is 80.4 cm³/mol. The van der Waals surface area contributed by atoms with E-state index in [0.29, 0.717) is 18.2 Å². The highest BCUT2D eigenvalue weighted by Gasteiger charge is 2.47. The minimum Gasteiger partial charge on any atom is -0.480 e. The monoisotopic (exact) mass is 296 g/mol. The topological polar surface area (TPSA) is 61.8 Å². The van der Waals surface area contributed by atoms with Crippen molar-refractivity contribution in [2.24, 2.45) is 0 Å². The lowest BCUT2D eigenvalue weighted by molar-refractivity contribution is -0.148. The molecule has 21 heavy (non-hydrogen) atoms. The van der Waals surface area contributed by atoms with Gasteiger partial charge in [0.05, 0.1) is 12.7 Å². The highest BCUT2D eigenvalue weighted by molar-refractivity contribution is 5.79. The zero-order chi connectivity index (χ0) is 14.9. The Morgan fingerprint density at radius 1 is 1.43 bits per heavy atom. The molecule has 2 saturated carbocycles. The standard InChI is InChI=1S/C16H28N2O3/c1-2-14-11-18(8-9-21-14)13-4-3-7-16(10-13,15(19)20)17-12-5-6-12/h12-14,17H,2-11H2,1H3,(H,19,20). The van der Waals surface area contributed by atoms with Gasteiger partial charge < -0.3 is 9.84 Å². The van der Waals surface area contributed by atoms with Crippen molar-refractivity contribution in [2.45, 2.75) is 75.6 Å². The number of hydrogen-bond donors (Lipinski definition) is 2. The van der Waals surface area contributed by atoms with E-state index < -0.39 is 11.5 Å². The molecule has 0 bridgehead atoms. The van der Waals surface area contributed by atoms with Crippen LogP contribution < -0.4 is 5.32 Å². The van der Waals surface area contributed by atoms with Gasteiger partial charge in [-0.1, -0.05) is 6.92 Å². The molecule has 2 aliphatic carbocycles. The van der Waals surface area contributed by atoms with E-state index in [-0.39, 0.29) is 0 Å². The van der Waals surface area contributed by atoms with E-state index in [2.05, 4.69) is 17.1 Å². The van der Waals surface area contributed by atoms with Crippen molar-refractivity contribution in [3.8, 4) is 0 Å². The summed E-state index contributed by atoms with van der Waals surface area (Å²) in [6.45, 7) is 4.84. The molecule has 3 atom stereocenters. The first-order valence-corrected chi connectivity index (χ1v) is 8.50. The van der Waals surface area contributed by atoms with Gasteiger partial charge in [-0.15, -0.1) is 0 Å². The predicted octanol–water partition coefficient (Wildman–Crippen LogP) is 1.62. The molecule has 120 valence electrons. The minimum atomic E-state index is -0.690. The molecule has 3 unspecified atom stereocenters. The first-order valence-electron chi connectivity index (χ1n) is 8.50. The van der Waals surface area contributed by atoms with Crippen LogP contribution in [0.5, 0.6) is 0 Å². The Kier molecular flexibility index (Phi) is 4.52. The van der Waals surface area contributed by atoms with Crippen molar-refractivity contribution in [1.29, 1.82) is 0 Å². The van der Waals surface area contributed by atoms with Crippen LogP contribution in [0.2, 0.25) is 0 Å². The Balaban J connectivity index is 1.67. The molecule has 1 heterocycles. The van der Waals surface area contributed by atoms with E-state index in [1.165, 1.54) is 0 Å². The summed E-state index contributed by atoms with van der Waals surface area (Å²) in [7, 11) is 0. The third kappa shape index (κ3) is 3.41. The van der Waals surface area contributed by atoms with Crippen LogP contribution in [0.25, 0.3) is 0 Å². The Morgan fingerprint density at radius 2 is 2.24 bits per heavy atom. The van der Waals surface area contributed by atoms with E-state index in [4.69, 9.17) is 4.74 Å². The summed E-state index contributed by atoms with van der Waals surface area (Å²) in [6.07, 6.45) is 7.27. The number of carboxylic acids is 1. The minimum absolute atomic E-state index is 0.316. The molecule has 1 aliphatic heterocycles. The van der Waals surface area contributed by atoms with Gasteiger partial charge in [0, 0.05) is 25.2 Å². The van der Waals surface area contributed by atoms with Gasteiger partial charge >= 0.3 is 5.97 Å². The van der Waals surface area contributed by atoms with Crippen molar-refractivity contribution in [3.63, 3.8) is 0 Å². The molecule has 0 aromatic carbocycles. The number of morpholine rings is 1. The van der Waals surface area contributed by atoms with E-state index in [1.54, 1.807) is 0 Å². The molecule has 5 nitrogen and oxygen atoms in total. The summed E-state index contributed by atoms with van der Waals surface area (Å²) in [6, 6.07) is 0.826. The van der Waals surface area contributed by atoms with Crippen LogP contribution in [0.1, 0.15) is 51.9 Å². The zero-order valence-corrected chi connectivity index (χ0v) is 13.0. The third-order valence-electron chi connectivity index (χ3n) is 5.33. The lowest BCUT2D eigenvalue weighted by Gasteiger charge is -2.45. The number of ether oxygens (including phenoxy) is 1. The second kappa shape index (κ2) is 6.23. The van der Waals surface area contributed by atoms with Crippen LogP contribution >= 0.6 is 0 Å². The fourth-order valence-electron chi connectivity index (χ4n) is 3.88. The first kappa shape index (κ1) is 15.3. The summed E-state index contributed by atoms with van der Waals surface area (Å²) in [5.41, 5.74) is -0.690. The molecule has 5 heteroatoms. The molecule has 0 aromatic heterocycles. The van der Waals surface area contributed by atoms with Crippen LogP contribution in [0, 0.1) is 0 Å². The second-order valence-corrected chi connectivity index (χ2v) is 6.95. The average molecular weight is 296 g/mol. The average Bonchev–Trinajstić information content (AvgIpc) is 3.31. The fourth-order valence-corrected chi connectivity index (χ4v) is 3.88. The Bertz CT molecular complexity index is 386. The Hall–Kier alpha value is -0.650. The van der Waals surface area contributed by atoms with Gasteiger partial charge in [-0.2, -0.15) is 0 Å². The highest BCUT2D eigenvalue weighted by atomic mass is 16.5. The molecule has 3 aliphatic rings. The van der Waals surface area contributed by atoms with Gasteiger partial charge in [0.15, 0.2) is 0 Å². The summed E-state index contributed by atoms with van der Waals surface area (Å²) in [5.74, 6) is -0.653. The van der Waals surface area contributed by atoms with Crippen molar-refractivity contribution >= 4 is 5.97 Å².